The summed E-state index contributed by atoms with van der Waals surface area (Å²) in [6, 6.07) is 19.3. The summed E-state index contributed by atoms with van der Waals surface area (Å²) >= 11 is 0. The van der Waals surface area contributed by atoms with E-state index in [9.17, 15) is 4.79 Å². The lowest BCUT2D eigenvalue weighted by Gasteiger charge is -2.03. The fourth-order valence-corrected chi connectivity index (χ4v) is 2.41. The van der Waals surface area contributed by atoms with Gasteiger partial charge in [-0.25, -0.2) is 0 Å². The van der Waals surface area contributed by atoms with Gasteiger partial charge in [-0.15, -0.1) is 0 Å². The molecule has 0 aliphatic heterocycles. The van der Waals surface area contributed by atoms with E-state index < -0.39 is 5.97 Å². The number of nitrogens with zero attached hydrogens (tertiary/aromatic N) is 1. The number of carboxylic acid groups (broad SMARTS) is 1. The molecule has 2 aromatic carbocycles. The molecule has 22 heavy (non-hydrogen) atoms. The third kappa shape index (κ3) is 2.91. The van der Waals surface area contributed by atoms with Gasteiger partial charge in [-0.2, -0.15) is 0 Å². The highest BCUT2D eigenvalue weighted by Crippen LogP contribution is 2.33. The first-order valence-electron chi connectivity index (χ1n) is 7.07. The zero-order chi connectivity index (χ0) is 15.4. The van der Waals surface area contributed by atoms with E-state index in [0.717, 1.165) is 16.7 Å². The van der Waals surface area contributed by atoms with Crippen molar-refractivity contribution in [2.24, 2.45) is 0 Å². The summed E-state index contributed by atoms with van der Waals surface area (Å²) in [5.74, 6) is -0.195. The lowest BCUT2D eigenvalue weighted by Crippen LogP contribution is -1.99. The molecule has 0 radical (unpaired) electrons. The summed E-state index contributed by atoms with van der Waals surface area (Å²) in [7, 11) is 0. The Labute approximate surface area is 128 Å². The Morgan fingerprint density at radius 1 is 0.955 bits per heavy atom. The van der Waals surface area contributed by atoms with Gasteiger partial charge in [-0.1, -0.05) is 65.8 Å². The number of benzene rings is 2. The SMILES string of the molecule is O=C(O)CCc1c(-c2ccccc2)noc1-c1ccccc1. The fraction of sp³-hybridized carbons (Fsp3) is 0.111. The van der Waals surface area contributed by atoms with Crippen LogP contribution >= 0.6 is 0 Å². The lowest BCUT2D eigenvalue weighted by atomic mass is 9.99. The molecule has 1 N–H and O–H groups in total. The summed E-state index contributed by atoms with van der Waals surface area (Å²) in [5.41, 5.74) is 3.37. The van der Waals surface area contributed by atoms with Crippen molar-refractivity contribution in [3.8, 4) is 22.6 Å². The second kappa shape index (κ2) is 6.26. The molecule has 0 aliphatic rings. The van der Waals surface area contributed by atoms with Crippen LogP contribution in [0.1, 0.15) is 12.0 Å². The zero-order valence-corrected chi connectivity index (χ0v) is 11.9. The molecule has 0 amide bonds. The van der Waals surface area contributed by atoms with E-state index in [-0.39, 0.29) is 6.42 Å². The largest absolute Gasteiger partial charge is 0.481 e. The van der Waals surface area contributed by atoms with Gasteiger partial charge in [0, 0.05) is 23.1 Å². The van der Waals surface area contributed by atoms with Crippen LogP contribution in [0.3, 0.4) is 0 Å². The zero-order valence-electron chi connectivity index (χ0n) is 11.9. The van der Waals surface area contributed by atoms with E-state index in [1.54, 1.807) is 0 Å². The third-order valence-electron chi connectivity index (χ3n) is 3.46. The van der Waals surface area contributed by atoms with Crippen LogP contribution in [0.15, 0.2) is 65.2 Å². The molecular weight excluding hydrogens is 278 g/mol. The van der Waals surface area contributed by atoms with Gasteiger partial charge in [0.2, 0.25) is 0 Å². The van der Waals surface area contributed by atoms with Gasteiger partial charge in [0.25, 0.3) is 0 Å². The molecule has 0 fully saturated rings. The molecule has 0 unspecified atom stereocenters. The maximum atomic E-state index is 10.9. The number of hydrogen-bond acceptors (Lipinski definition) is 3. The maximum Gasteiger partial charge on any atom is 0.303 e. The molecule has 0 saturated carbocycles. The molecule has 3 aromatic rings. The normalized spacial score (nSPS) is 10.5. The van der Waals surface area contributed by atoms with Gasteiger partial charge in [-0.3, -0.25) is 4.79 Å². The average Bonchev–Trinajstić information content (AvgIpc) is 2.98. The van der Waals surface area contributed by atoms with Crippen LogP contribution in [0.25, 0.3) is 22.6 Å². The molecule has 0 atom stereocenters. The van der Waals surface area contributed by atoms with Gasteiger partial charge < -0.3 is 9.63 Å². The van der Waals surface area contributed by atoms with Crippen molar-refractivity contribution in [2.45, 2.75) is 12.8 Å². The highest BCUT2D eigenvalue weighted by Gasteiger charge is 2.19. The van der Waals surface area contributed by atoms with Crippen LogP contribution in [0, 0.1) is 0 Å². The Morgan fingerprint density at radius 3 is 2.14 bits per heavy atom. The minimum Gasteiger partial charge on any atom is -0.481 e. The molecule has 110 valence electrons. The van der Waals surface area contributed by atoms with Gasteiger partial charge in [0.1, 0.15) is 5.69 Å². The van der Waals surface area contributed by atoms with E-state index in [2.05, 4.69) is 5.16 Å². The number of aromatic nitrogens is 1. The van der Waals surface area contributed by atoms with E-state index >= 15 is 0 Å². The summed E-state index contributed by atoms with van der Waals surface area (Å²) < 4.78 is 5.53. The predicted molar refractivity (Wildman–Crippen MR) is 83.3 cm³/mol. The molecule has 0 aliphatic carbocycles. The molecule has 4 heteroatoms. The van der Waals surface area contributed by atoms with Crippen molar-refractivity contribution in [3.63, 3.8) is 0 Å². The van der Waals surface area contributed by atoms with Gasteiger partial charge >= 0.3 is 5.97 Å². The summed E-state index contributed by atoms with van der Waals surface area (Å²) in [4.78, 5) is 10.9. The predicted octanol–water partition coefficient (Wildman–Crippen LogP) is 4.03. The Morgan fingerprint density at radius 2 is 1.55 bits per heavy atom. The standard InChI is InChI=1S/C18H15NO3/c20-16(21)12-11-15-17(13-7-3-1-4-8-13)19-22-18(15)14-9-5-2-6-10-14/h1-10H,11-12H2,(H,20,21). The number of rotatable bonds is 5. The smallest absolute Gasteiger partial charge is 0.303 e. The second-order valence-electron chi connectivity index (χ2n) is 4.96. The topological polar surface area (TPSA) is 63.3 Å². The molecular formula is C18H15NO3. The molecule has 1 heterocycles. The number of carboxylic acids is 1. The highest BCUT2D eigenvalue weighted by molar-refractivity contribution is 5.74. The summed E-state index contributed by atoms with van der Waals surface area (Å²) in [6.45, 7) is 0. The van der Waals surface area contributed by atoms with Crippen molar-refractivity contribution in [1.82, 2.24) is 5.16 Å². The first-order chi connectivity index (χ1) is 10.8. The number of aliphatic carboxylic acids is 1. The first kappa shape index (κ1) is 14.1. The van der Waals surface area contributed by atoms with Crippen molar-refractivity contribution in [1.29, 1.82) is 0 Å². The van der Waals surface area contributed by atoms with Crippen LogP contribution in [-0.2, 0) is 11.2 Å². The Balaban J connectivity index is 2.07. The highest BCUT2D eigenvalue weighted by atomic mass is 16.5. The second-order valence-corrected chi connectivity index (χ2v) is 4.96. The van der Waals surface area contributed by atoms with E-state index in [4.69, 9.17) is 9.63 Å². The van der Waals surface area contributed by atoms with Crippen LogP contribution in [0.2, 0.25) is 0 Å². The quantitative estimate of drug-likeness (QED) is 0.771. The molecule has 0 bridgehead atoms. The Bertz CT molecular complexity index is 707. The fourth-order valence-electron chi connectivity index (χ4n) is 2.41. The van der Waals surface area contributed by atoms with Crippen molar-refractivity contribution < 1.29 is 14.4 Å². The molecule has 0 saturated heterocycles. The van der Waals surface area contributed by atoms with E-state index in [1.165, 1.54) is 0 Å². The molecule has 4 nitrogen and oxygen atoms in total. The van der Waals surface area contributed by atoms with Crippen LogP contribution in [0.4, 0.5) is 0 Å². The van der Waals surface area contributed by atoms with Crippen molar-refractivity contribution in [3.05, 3.63) is 66.2 Å². The van der Waals surface area contributed by atoms with Crippen molar-refractivity contribution in [2.75, 3.05) is 0 Å². The first-order valence-corrected chi connectivity index (χ1v) is 7.07. The van der Waals surface area contributed by atoms with Crippen molar-refractivity contribution >= 4 is 5.97 Å². The number of hydrogen-bond donors (Lipinski definition) is 1. The summed E-state index contributed by atoms with van der Waals surface area (Å²) in [5, 5.41) is 13.2. The minimum atomic E-state index is -0.834. The van der Waals surface area contributed by atoms with Gasteiger partial charge in [0.05, 0.1) is 0 Å². The average molecular weight is 293 g/mol. The van der Waals surface area contributed by atoms with Crippen LogP contribution in [-0.4, -0.2) is 16.2 Å². The minimum absolute atomic E-state index is 0.0425. The van der Waals surface area contributed by atoms with E-state index in [0.29, 0.717) is 17.9 Å². The molecule has 0 spiro atoms. The maximum absolute atomic E-state index is 10.9. The monoisotopic (exact) mass is 293 g/mol. The van der Waals surface area contributed by atoms with Crippen LogP contribution in [0.5, 0.6) is 0 Å². The summed E-state index contributed by atoms with van der Waals surface area (Å²) in [6.07, 6.45) is 0.425. The third-order valence-corrected chi connectivity index (χ3v) is 3.46. The van der Waals surface area contributed by atoms with E-state index in [1.807, 2.05) is 60.7 Å². The molecule has 3 rings (SSSR count). The Hall–Kier alpha value is -2.88. The van der Waals surface area contributed by atoms with Gasteiger partial charge in [0.15, 0.2) is 5.76 Å². The Kier molecular flexibility index (Phi) is 4.01. The molecule has 1 aromatic heterocycles. The number of carbonyl (C=O) groups is 1. The van der Waals surface area contributed by atoms with Gasteiger partial charge in [-0.05, 0) is 6.42 Å². The van der Waals surface area contributed by atoms with Crippen LogP contribution < -0.4 is 0 Å². The lowest BCUT2D eigenvalue weighted by molar-refractivity contribution is -0.136.